The molecule has 0 saturated carbocycles. The van der Waals surface area contributed by atoms with Gasteiger partial charge in [-0.3, -0.25) is 9.59 Å². The van der Waals surface area contributed by atoms with E-state index in [9.17, 15) is 9.59 Å². The van der Waals surface area contributed by atoms with Gasteiger partial charge in [-0.2, -0.15) is 0 Å². The standard InChI is InChI=1S/C18H25N3O3/c1-20-9-3-7-15(20)16-8-4-10-21(16)18(23)13-5-2-6-14(11-13)24-12-17(19)22/h2,5-6,11,15-16H,3-4,7-10,12H2,1H3,(H2,19,22)/t15-,16-/m0/s1. The summed E-state index contributed by atoms with van der Waals surface area (Å²) >= 11 is 0. The molecule has 2 aliphatic rings. The quantitative estimate of drug-likeness (QED) is 0.881. The van der Waals surface area contributed by atoms with Crippen molar-refractivity contribution in [3.8, 4) is 5.75 Å². The molecule has 2 atom stereocenters. The van der Waals surface area contributed by atoms with E-state index >= 15 is 0 Å². The highest BCUT2D eigenvalue weighted by molar-refractivity contribution is 5.95. The average Bonchev–Trinajstić information content (AvgIpc) is 3.20. The van der Waals surface area contributed by atoms with Crippen LogP contribution in [-0.2, 0) is 4.79 Å². The maximum Gasteiger partial charge on any atom is 0.255 e. The van der Waals surface area contributed by atoms with Gasteiger partial charge in [-0.05, 0) is 57.5 Å². The molecule has 2 saturated heterocycles. The van der Waals surface area contributed by atoms with Crippen molar-refractivity contribution in [2.45, 2.75) is 37.8 Å². The first-order valence-electron chi connectivity index (χ1n) is 8.58. The highest BCUT2D eigenvalue weighted by atomic mass is 16.5. The molecule has 0 aromatic heterocycles. The van der Waals surface area contributed by atoms with Gasteiger partial charge >= 0.3 is 0 Å². The molecule has 0 aliphatic carbocycles. The smallest absolute Gasteiger partial charge is 0.255 e. The van der Waals surface area contributed by atoms with Crippen molar-refractivity contribution >= 4 is 11.8 Å². The normalized spacial score (nSPS) is 24.3. The van der Waals surface area contributed by atoms with Crippen LogP contribution in [0.15, 0.2) is 24.3 Å². The van der Waals surface area contributed by atoms with E-state index in [1.54, 1.807) is 24.3 Å². The van der Waals surface area contributed by atoms with E-state index in [1.165, 1.54) is 6.42 Å². The molecule has 0 spiro atoms. The molecule has 6 heteroatoms. The third-order valence-electron chi connectivity index (χ3n) is 5.04. The molecular formula is C18H25N3O3. The number of nitrogens with two attached hydrogens (primary N) is 1. The number of likely N-dealkylation sites (N-methyl/N-ethyl adjacent to an activating group) is 1. The number of primary amides is 1. The number of hydrogen-bond donors (Lipinski definition) is 1. The Balaban J connectivity index is 1.73. The van der Waals surface area contributed by atoms with E-state index in [-0.39, 0.29) is 12.5 Å². The molecule has 2 fully saturated rings. The van der Waals surface area contributed by atoms with Gasteiger partial charge in [0.15, 0.2) is 6.61 Å². The van der Waals surface area contributed by atoms with E-state index in [1.807, 2.05) is 4.90 Å². The number of hydrogen-bond acceptors (Lipinski definition) is 4. The summed E-state index contributed by atoms with van der Waals surface area (Å²) in [5.41, 5.74) is 5.70. The zero-order chi connectivity index (χ0) is 17.1. The molecule has 1 aromatic carbocycles. The molecular weight excluding hydrogens is 306 g/mol. The molecule has 2 N–H and O–H groups in total. The molecule has 0 radical (unpaired) electrons. The fourth-order valence-corrected chi connectivity index (χ4v) is 3.91. The molecule has 130 valence electrons. The monoisotopic (exact) mass is 331 g/mol. The van der Waals surface area contributed by atoms with Crippen LogP contribution < -0.4 is 10.5 Å². The Hall–Kier alpha value is -2.08. The second-order valence-corrected chi connectivity index (χ2v) is 6.68. The van der Waals surface area contributed by atoms with Crippen molar-refractivity contribution in [3.05, 3.63) is 29.8 Å². The summed E-state index contributed by atoms with van der Waals surface area (Å²) in [6, 6.07) is 7.75. The maximum atomic E-state index is 13.0. The second kappa shape index (κ2) is 7.21. The Morgan fingerprint density at radius 2 is 1.96 bits per heavy atom. The van der Waals surface area contributed by atoms with Gasteiger partial charge in [0.1, 0.15) is 5.75 Å². The lowest BCUT2D eigenvalue weighted by Crippen LogP contribution is -2.47. The maximum absolute atomic E-state index is 13.0. The van der Waals surface area contributed by atoms with E-state index in [2.05, 4.69) is 11.9 Å². The molecule has 2 amide bonds. The Labute approximate surface area is 142 Å². The van der Waals surface area contributed by atoms with Crippen LogP contribution in [0.5, 0.6) is 5.75 Å². The first-order valence-corrected chi connectivity index (χ1v) is 8.58. The van der Waals surface area contributed by atoms with Crippen LogP contribution in [0.4, 0.5) is 0 Å². The van der Waals surface area contributed by atoms with Crippen molar-refractivity contribution < 1.29 is 14.3 Å². The molecule has 1 aromatic rings. The molecule has 3 rings (SSSR count). The van der Waals surface area contributed by atoms with Crippen LogP contribution in [0.2, 0.25) is 0 Å². The minimum absolute atomic E-state index is 0.0438. The summed E-state index contributed by atoms with van der Waals surface area (Å²) in [5.74, 6) is 0.00585. The average molecular weight is 331 g/mol. The van der Waals surface area contributed by atoms with Crippen LogP contribution in [-0.4, -0.2) is 60.4 Å². The highest BCUT2D eigenvalue weighted by Gasteiger charge is 2.38. The summed E-state index contributed by atoms with van der Waals surface area (Å²) in [6.07, 6.45) is 4.49. The van der Waals surface area contributed by atoms with Crippen molar-refractivity contribution in [2.75, 3.05) is 26.7 Å². The molecule has 2 aliphatic heterocycles. The summed E-state index contributed by atoms with van der Waals surface area (Å²) < 4.78 is 5.31. The van der Waals surface area contributed by atoms with Gasteiger partial charge in [0.05, 0.1) is 0 Å². The number of likely N-dealkylation sites (tertiary alicyclic amines) is 2. The molecule has 0 bridgehead atoms. The number of carbonyl (C=O) groups is 2. The summed E-state index contributed by atoms with van der Waals surface area (Å²) in [6.45, 7) is 1.73. The predicted octanol–water partition coefficient (Wildman–Crippen LogP) is 1.25. The zero-order valence-corrected chi connectivity index (χ0v) is 14.1. The third-order valence-corrected chi connectivity index (χ3v) is 5.04. The number of carbonyl (C=O) groups excluding carboxylic acids is 2. The first-order chi connectivity index (χ1) is 11.6. The lowest BCUT2D eigenvalue weighted by Gasteiger charge is -2.33. The highest BCUT2D eigenvalue weighted by Crippen LogP contribution is 2.30. The largest absolute Gasteiger partial charge is 0.484 e. The van der Waals surface area contributed by atoms with Gasteiger partial charge in [0, 0.05) is 24.2 Å². The van der Waals surface area contributed by atoms with E-state index < -0.39 is 5.91 Å². The van der Waals surface area contributed by atoms with E-state index in [0.29, 0.717) is 23.4 Å². The van der Waals surface area contributed by atoms with Gasteiger partial charge < -0.3 is 20.3 Å². The molecule has 6 nitrogen and oxygen atoms in total. The summed E-state index contributed by atoms with van der Waals surface area (Å²) in [5, 5.41) is 0. The Kier molecular flexibility index (Phi) is 5.04. The molecule has 2 heterocycles. The van der Waals surface area contributed by atoms with Crippen LogP contribution in [0.1, 0.15) is 36.0 Å². The van der Waals surface area contributed by atoms with Crippen molar-refractivity contribution in [3.63, 3.8) is 0 Å². The Morgan fingerprint density at radius 1 is 1.21 bits per heavy atom. The van der Waals surface area contributed by atoms with E-state index in [0.717, 1.165) is 32.4 Å². The van der Waals surface area contributed by atoms with Gasteiger partial charge in [0.2, 0.25) is 0 Å². The van der Waals surface area contributed by atoms with Crippen LogP contribution in [0.25, 0.3) is 0 Å². The summed E-state index contributed by atoms with van der Waals surface area (Å²) in [4.78, 5) is 28.2. The lowest BCUT2D eigenvalue weighted by atomic mass is 10.0. The summed E-state index contributed by atoms with van der Waals surface area (Å²) in [7, 11) is 2.15. The lowest BCUT2D eigenvalue weighted by molar-refractivity contribution is -0.119. The number of benzene rings is 1. The number of nitrogens with zero attached hydrogens (tertiary/aromatic N) is 2. The zero-order valence-electron chi connectivity index (χ0n) is 14.1. The minimum Gasteiger partial charge on any atom is -0.484 e. The van der Waals surface area contributed by atoms with Crippen molar-refractivity contribution in [1.82, 2.24) is 9.80 Å². The van der Waals surface area contributed by atoms with Crippen LogP contribution >= 0.6 is 0 Å². The fraction of sp³-hybridized carbons (Fsp3) is 0.556. The van der Waals surface area contributed by atoms with E-state index in [4.69, 9.17) is 10.5 Å². The SMILES string of the molecule is CN1CCC[C@H]1[C@@H]1CCCN1C(=O)c1cccc(OCC(N)=O)c1. The molecule has 0 unspecified atom stereocenters. The fourth-order valence-electron chi connectivity index (χ4n) is 3.91. The predicted molar refractivity (Wildman–Crippen MR) is 90.8 cm³/mol. The topological polar surface area (TPSA) is 75.9 Å². The van der Waals surface area contributed by atoms with Crippen molar-refractivity contribution in [2.24, 2.45) is 5.73 Å². The van der Waals surface area contributed by atoms with Gasteiger partial charge in [-0.25, -0.2) is 0 Å². The molecule has 24 heavy (non-hydrogen) atoms. The van der Waals surface area contributed by atoms with Gasteiger partial charge in [-0.1, -0.05) is 6.07 Å². The third kappa shape index (κ3) is 3.53. The van der Waals surface area contributed by atoms with Gasteiger partial charge in [0.25, 0.3) is 11.8 Å². The van der Waals surface area contributed by atoms with Crippen LogP contribution in [0, 0.1) is 0 Å². The first kappa shape index (κ1) is 16.8. The number of amides is 2. The van der Waals surface area contributed by atoms with Crippen LogP contribution in [0.3, 0.4) is 0 Å². The van der Waals surface area contributed by atoms with Gasteiger partial charge in [-0.15, -0.1) is 0 Å². The minimum atomic E-state index is -0.532. The Bertz CT molecular complexity index is 619. The number of rotatable bonds is 5. The second-order valence-electron chi connectivity index (χ2n) is 6.68. The van der Waals surface area contributed by atoms with Crippen molar-refractivity contribution in [1.29, 1.82) is 0 Å². The number of ether oxygens (including phenoxy) is 1. The Morgan fingerprint density at radius 3 is 2.67 bits per heavy atom.